The molecule has 0 unspecified atom stereocenters. The second-order valence-corrected chi connectivity index (χ2v) is 9.16. The Kier molecular flexibility index (Phi) is 6.68. The van der Waals surface area contributed by atoms with E-state index in [2.05, 4.69) is 39.9 Å². The van der Waals surface area contributed by atoms with E-state index in [0.717, 1.165) is 55.4 Å². The zero-order valence-electron chi connectivity index (χ0n) is 19.9. The largest absolute Gasteiger partial charge is 0.497 e. The van der Waals surface area contributed by atoms with E-state index in [0.29, 0.717) is 0 Å². The van der Waals surface area contributed by atoms with Crippen molar-refractivity contribution in [3.63, 3.8) is 0 Å². The molecule has 0 spiro atoms. The summed E-state index contributed by atoms with van der Waals surface area (Å²) in [7, 11) is 3.43. The molecule has 0 bridgehead atoms. The molecule has 1 saturated heterocycles. The Balaban J connectivity index is 1.43. The summed E-state index contributed by atoms with van der Waals surface area (Å²) < 4.78 is 19.8. The number of methoxy groups -OCH3 is 2. The summed E-state index contributed by atoms with van der Waals surface area (Å²) in [4.78, 5) is 2.57. The summed E-state index contributed by atoms with van der Waals surface area (Å²) >= 11 is 0. The van der Waals surface area contributed by atoms with Crippen molar-refractivity contribution in [2.45, 2.75) is 45.1 Å². The molecule has 5 rings (SSSR count). The molecule has 1 fully saturated rings. The number of fused-ring (bicyclic) bond motifs is 3. The van der Waals surface area contributed by atoms with E-state index < -0.39 is 0 Å². The fourth-order valence-electron chi connectivity index (χ4n) is 5.34. The molecule has 174 valence electrons. The minimum atomic E-state index is 0.765. The van der Waals surface area contributed by atoms with Crippen LogP contribution in [0.3, 0.4) is 0 Å². The Hall–Kier alpha value is -2.79. The van der Waals surface area contributed by atoms with Gasteiger partial charge in [0, 0.05) is 30.3 Å². The van der Waals surface area contributed by atoms with E-state index >= 15 is 0 Å². The Morgan fingerprint density at radius 2 is 1.70 bits per heavy atom. The number of hydrogen-bond donors (Lipinski definition) is 0. The van der Waals surface area contributed by atoms with Crippen molar-refractivity contribution in [1.29, 1.82) is 0 Å². The monoisotopic (exact) mass is 447 g/mol. The average Bonchev–Trinajstić information content (AvgIpc) is 3.35. The Bertz CT molecular complexity index is 1120. The third kappa shape index (κ3) is 4.65. The first-order valence-electron chi connectivity index (χ1n) is 12.3. The first kappa shape index (κ1) is 22.0. The molecule has 2 aliphatic heterocycles. The molecule has 0 amide bonds. The molecular formula is C28H35N2O3+. The van der Waals surface area contributed by atoms with Gasteiger partial charge in [0.1, 0.15) is 23.8 Å². The van der Waals surface area contributed by atoms with E-state index in [1.165, 1.54) is 60.8 Å². The molecule has 2 aliphatic rings. The van der Waals surface area contributed by atoms with Gasteiger partial charge < -0.3 is 19.1 Å². The standard InChI is InChI=1S/C28H35N2O3/c1-31-21-10-12-28(32-2)25(18-21)26-20-30-16-6-8-27(30)24-19-22(9-11-23(24)26)33-17-7-15-29-13-4-3-5-14-29/h9-12,18-20H,3-8,13-17H2,1-2H3/q+1. The summed E-state index contributed by atoms with van der Waals surface area (Å²) in [6.45, 7) is 5.44. The van der Waals surface area contributed by atoms with E-state index in [4.69, 9.17) is 14.2 Å². The van der Waals surface area contributed by atoms with Gasteiger partial charge in [0.25, 0.3) is 0 Å². The van der Waals surface area contributed by atoms with E-state index in [-0.39, 0.29) is 0 Å². The lowest BCUT2D eigenvalue weighted by molar-refractivity contribution is -0.689. The molecule has 0 radical (unpaired) electrons. The lowest BCUT2D eigenvalue weighted by atomic mass is 9.97. The highest BCUT2D eigenvalue weighted by molar-refractivity contribution is 5.98. The Morgan fingerprint density at radius 1 is 0.848 bits per heavy atom. The minimum Gasteiger partial charge on any atom is -0.497 e. The first-order chi connectivity index (χ1) is 16.3. The number of aromatic nitrogens is 1. The van der Waals surface area contributed by atoms with Crippen molar-refractivity contribution in [2.24, 2.45) is 0 Å². The van der Waals surface area contributed by atoms with Gasteiger partial charge in [0.05, 0.1) is 31.8 Å². The van der Waals surface area contributed by atoms with E-state index in [9.17, 15) is 0 Å². The van der Waals surface area contributed by atoms with Crippen LogP contribution in [0.5, 0.6) is 17.2 Å². The molecule has 0 N–H and O–H groups in total. The molecular weight excluding hydrogens is 412 g/mol. The van der Waals surface area contributed by atoms with Crippen LogP contribution in [0.2, 0.25) is 0 Å². The molecule has 0 aliphatic carbocycles. The SMILES string of the molecule is COc1ccc(OC)c(-c2c[n+]3c(c4cc(OCCCN5CCCCC5)ccc24)CCC3)c1. The first-order valence-corrected chi connectivity index (χ1v) is 12.3. The van der Waals surface area contributed by atoms with Gasteiger partial charge in [-0.3, -0.25) is 0 Å². The average molecular weight is 448 g/mol. The van der Waals surface area contributed by atoms with Crippen molar-refractivity contribution in [2.75, 3.05) is 40.5 Å². The van der Waals surface area contributed by atoms with Gasteiger partial charge in [-0.05, 0) is 68.8 Å². The van der Waals surface area contributed by atoms with Crippen LogP contribution in [0, 0.1) is 0 Å². The van der Waals surface area contributed by atoms with Crippen molar-refractivity contribution in [1.82, 2.24) is 4.90 Å². The molecule has 3 aromatic rings. The van der Waals surface area contributed by atoms with Crippen LogP contribution in [0.15, 0.2) is 42.6 Å². The predicted octanol–water partition coefficient (Wildman–Crippen LogP) is 5.01. The molecule has 5 nitrogen and oxygen atoms in total. The number of aryl methyl sites for hydroxylation is 2. The minimum absolute atomic E-state index is 0.765. The van der Waals surface area contributed by atoms with E-state index in [1.807, 2.05) is 12.1 Å². The lowest BCUT2D eigenvalue weighted by Gasteiger charge is -2.26. The summed E-state index contributed by atoms with van der Waals surface area (Å²) in [6.07, 6.45) is 9.70. The number of rotatable bonds is 8. The molecule has 33 heavy (non-hydrogen) atoms. The maximum Gasteiger partial charge on any atom is 0.189 e. The molecule has 0 saturated carbocycles. The number of hydrogen-bond acceptors (Lipinski definition) is 4. The van der Waals surface area contributed by atoms with Crippen molar-refractivity contribution in [3.8, 4) is 28.4 Å². The normalized spacial score (nSPS) is 16.1. The van der Waals surface area contributed by atoms with Gasteiger partial charge in [-0.1, -0.05) is 6.42 Å². The highest BCUT2D eigenvalue weighted by atomic mass is 16.5. The Labute approximate surface area is 196 Å². The third-order valence-electron chi connectivity index (χ3n) is 7.07. The maximum atomic E-state index is 6.21. The number of pyridine rings is 1. The summed E-state index contributed by atoms with van der Waals surface area (Å²) in [5, 5.41) is 2.51. The summed E-state index contributed by atoms with van der Waals surface area (Å²) in [5.74, 6) is 2.65. The maximum absolute atomic E-state index is 6.21. The zero-order valence-corrected chi connectivity index (χ0v) is 19.9. The Morgan fingerprint density at radius 3 is 2.52 bits per heavy atom. The van der Waals surface area contributed by atoms with Crippen LogP contribution >= 0.6 is 0 Å². The number of ether oxygens (including phenoxy) is 3. The predicted molar refractivity (Wildman–Crippen MR) is 131 cm³/mol. The highest BCUT2D eigenvalue weighted by Gasteiger charge is 2.26. The van der Waals surface area contributed by atoms with Crippen LogP contribution in [0.1, 0.15) is 37.8 Å². The number of piperidine rings is 1. The molecule has 0 atom stereocenters. The fraction of sp³-hybridized carbons (Fsp3) is 0.464. The fourth-order valence-corrected chi connectivity index (χ4v) is 5.34. The molecule has 5 heteroatoms. The molecule has 1 aromatic heterocycles. The van der Waals surface area contributed by atoms with Gasteiger partial charge >= 0.3 is 0 Å². The number of nitrogens with zero attached hydrogens (tertiary/aromatic N) is 2. The topological polar surface area (TPSA) is 34.8 Å². The number of benzene rings is 2. The van der Waals surface area contributed by atoms with Gasteiger partial charge in [-0.2, -0.15) is 0 Å². The van der Waals surface area contributed by atoms with Gasteiger partial charge in [-0.25, -0.2) is 4.57 Å². The second kappa shape index (κ2) is 10.0. The smallest absolute Gasteiger partial charge is 0.189 e. The molecule has 3 heterocycles. The zero-order chi connectivity index (χ0) is 22.6. The van der Waals surface area contributed by atoms with Gasteiger partial charge in [0.2, 0.25) is 0 Å². The van der Waals surface area contributed by atoms with Crippen LogP contribution in [0.25, 0.3) is 21.9 Å². The van der Waals surface area contributed by atoms with Gasteiger partial charge in [0.15, 0.2) is 11.9 Å². The van der Waals surface area contributed by atoms with Crippen LogP contribution in [0.4, 0.5) is 0 Å². The van der Waals surface area contributed by atoms with Crippen molar-refractivity contribution < 1.29 is 18.8 Å². The third-order valence-corrected chi connectivity index (χ3v) is 7.07. The molecule has 2 aromatic carbocycles. The van der Waals surface area contributed by atoms with Crippen LogP contribution in [-0.2, 0) is 13.0 Å². The van der Waals surface area contributed by atoms with Crippen LogP contribution < -0.4 is 18.8 Å². The second-order valence-electron chi connectivity index (χ2n) is 9.16. The van der Waals surface area contributed by atoms with Gasteiger partial charge in [-0.15, -0.1) is 0 Å². The lowest BCUT2D eigenvalue weighted by Crippen LogP contribution is -2.33. The summed E-state index contributed by atoms with van der Waals surface area (Å²) in [6, 6.07) is 12.6. The number of likely N-dealkylation sites (tertiary alicyclic amines) is 1. The van der Waals surface area contributed by atoms with E-state index in [1.54, 1.807) is 14.2 Å². The highest BCUT2D eigenvalue weighted by Crippen LogP contribution is 2.39. The van der Waals surface area contributed by atoms with Crippen LogP contribution in [-0.4, -0.2) is 45.4 Å². The summed E-state index contributed by atoms with van der Waals surface area (Å²) in [5.41, 5.74) is 3.62. The van der Waals surface area contributed by atoms with Crippen molar-refractivity contribution >= 4 is 10.8 Å². The quantitative estimate of drug-likeness (QED) is 0.359. The van der Waals surface area contributed by atoms with Crippen molar-refractivity contribution in [3.05, 3.63) is 48.3 Å².